The lowest BCUT2D eigenvalue weighted by Gasteiger charge is -1.92. The molecule has 0 saturated heterocycles. The standard InChI is InChI=1S/C18H8N4O3S/c23-14-10(15(24)13-12(14)19-6-7-20-13)8-11-21-17-18(26-11)22-16(25-17)9-4-2-1-3-5-9/h1-8H. The Morgan fingerprint density at radius 2 is 1.62 bits per heavy atom. The van der Waals surface area contributed by atoms with Crippen LogP contribution in [-0.2, 0) is 0 Å². The van der Waals surface area contributed by atoms with Gasteiger partial charge in [-0.15, -0.1) is 0 Å². The largest absolute Gasteiger partial charge is 0.417 e. The van der Waals surface area contributed by atoms with Crippen molar-refractivity contribution < 1.29 is 14.0 Å². The molecule has 3 heterocycles. The number of rotatable bonds is 2. The van der Waals surface area contributed by atoms with E-state index >= 15 is 0 Å². The zero-order valence-corrected chi connectivity index (χ0v) is 13.9. The number of nitrogens with zero attached hydrogens (tertiary/aromatic N) is 4. The summed E-state index contributed by atoms with van der Waals surface area (Å²) in [6, 6.07) is 9.49. The zero-order chi connectivity index (χ0) is 17.7. The molecule has 4 aromatic rings. The molecule has 0 radical (unpaired) electrons. The molecule has 124 valence electrons. The van der Waals surface area contributed by atoms with E-state index in [-0.39, 0.29) is 17.0 Å². The number of aromatic nitrogens is 4. The molecule has 1 aromatic carbocycles. The molecule has 0 atom stereocenters. The Kier molecular flexibility index (Phi) is 3.13. The topological polar surface area (TPSA) is 98.8 Å². The Morgan fingerprint density at radius 1 is 0.923 bits per heavy atom. The summed E-state index contributed by atoms with van der Waals surface area (Å²) in [5.74, 6) is -0.405. The van der Waals surface area contributed by atoms with E-state index in [0.717, 1.165) is 5.56 Å². The first-order chi connectivity index (χ1) is 12.7. The lowest BCUT2D eigenvalue weighted by atomic mass is 10.2. The van der Waals surface area contributed by atoms with E-state index in [1.165, 1.54) is 29.8 Å². The molecule has 7 nitrogen and oxygen atoms in total. The molecule has 0 fully saturated rings. The maximum Gasteiger partial charge on any atom is 0.259 e. The van der Waals surface area contributed by atoms with Gasteiger partial charge in [-0.05, 0) is 18.2 Å². The normalized spacial score (nSPS) is 13.5. The van der Waals surface area contributed by atoms with E-state index in [2.05, 4.69) is 19.9 Å². The number of benzene rings is 1. The highest BCUT2D eigenvalue weighted by Crippen LogP contribution is 2.30. The maximum atomic E-state index is 12.4. The van der Waals surface area contributed by atoms with Gasteiger partial charge in [0.1, 0.15) is 16.4 Å². The number of thiazole rings is 1. The SMILES string of the molecule is O=C1C(=Cc2nc3oc(-c4ccccc4)nc3s2)C(=O)c2nccnc21. The van der Waals surface area contributed by atoms with E-state index < -0.39 is 11.6 Å². The second kappa shape index (κ2) is 5.50. The highest BCUT2D eigenvalue weighted by atomic mass is 32.1. The van der Waals surface area contributed by atoms with Crippen LogP contribution in [-0.4, -0.2) is 31.5 Å². The molecule has 1 aliphatic rings. The number of allylic oxidation sites excluding steroid dienone is 1. The first-order valence-corrected chi connectivity index (χ1v) is 8.47. The average Bonchev–Trinajstić information content (AvgIpc) is 3.30. The van der Waals surface area contributed by atoms with Crippen molar-refractivity contribution in [3.63, 3.8) is 0 Å². The van der Waals surface area contributed by atoms with E-state index in [0.29, 0.717) is 21.4 Å². The molecule has 1 aliphatic carbocycles. The molecular formula is C18H8N4O3S. The Hall–Kier alpha value is -3.52. The van der Waals surface area contributed by atoms with Crippen molar-refractivity contribution in [3.8, 4) is 11.5 Å². The van der Waals surface area contributed by atoms with Crippen LogP contribution in [0.2, 0.25) is 0 Å². The maximum absolute atomic E-state index is 12.4. The van der Waals surface area contributed by atoms with Crippen LogP contribution in [0.15, 0.2) is 52.7 Å². The van der Waals surface area contributed by atoms with Crippen LogP contribution in [0.3, 0.4) is 0 Å². The molecule has 3 aromatic heterocycles. The van der Waals surface area contributed by atoms with Crippen LogP contribution in [0.1, 0.15) is 26.0 Å². The summed E-state index contributed by atoms with van der Waals surface area (Å²) in [7, 11) is 0. The van der Waals surface area contributed by atoms with Crippen LogP contribution < -0.4 is 0 Å². The molecule has 5 rings (SSSR count). The van der Waals surface area contributed by atoms with Crippen molar-refractivity contribution in [2.45, 2.75) is 0 Å². The number of oxazole rings is 1. The van der Waals surface area contributed by atoms with Crippen molar-refractivity contribution >= 4 is 39.5 Å². The first kappa shape index (κ1) is 14.8. The Balaban J connectivity index is 1.53. The molecule has 0 spiro atoms. The quantitative estimate of drug-likeness (QED) is 0.400. The van der Waals surface area contributed by atoms with E-state index in [1.807, 2.05) is 30.3 Å². The number of carbonyl (C=O) groups excluding carboxylic acids is 2. The number of hydrogen-bond donors (Lipinski definition) is 0. The molecule has 0 saturated carbocycles. The van der Waals surface area contributed by atoms with Crippen molar-refractivity contribution in [2.24, 2.45) is 0 Å². The van der Waals surface area contributed by atoms with Crippen molar-refractivity contribution in [1.82, 2.24) is 19.9 Å². The van der Waals surface area contributed by atoms with E-state index in [4.69, 9.17) is 4.42 Å². The van der Waals surface area contributed by atoms with E-state index in [1.54, 1.807) is 0 Å². The van der Waals surface area contributed by atoms with Crippen LogP contribution in [0.4, 0.5) is 0 Å². The first-order valence-electron chi connectivity index (χ1n) is 7.65. The van der Waals surface area contributed by atoms with Gasteiger partial charge < -0.3 is 4.42 Å². The van der Waals surface area contributed by atoms with Crippen LogP contribution >= 0.6 is 11.3 Å². The van der Waals surface area contributed by atoms with Gasteiger partial charge in [-0.3, -0.25) is 9.59 Å². The fourth-order valence-corrected chi connectivity index (χ4v) is 3.51. The summed E-state index contributed by atoms with van der Waals surface area (Å²) in [4.78, 5) is 41.9. The van der Waals surface area contributed by atoms with E-state index in [9.17, 15) is 9.59 Å². The minimum absolute atomic E-state index is 0.00545. The predicted molar refractivity (Wildman–Crippen MR) is 93.8 cm³/mol. The van der Waals surface area contributed by atoms with Crippen molar-refractivity contribution in [1.29, 1.82) is 0 Å². The Labute approximate surface area is 150 Å². The molecule has 0 unspecified atom stereocenters. The summed E-state index contributed by atoms with van der Waals surface area (Å²) in [5, 5.41) is 0.468. The van der Waals surface area contributed by atoms with Gasteiger partial charge in [-0.1, -0.05) is 29.5 Å². The van der Waals surface area contributed by atoms with Gasteiger partial charge in [0.2, 0.25) is 17.5 Å². The Bertz CT molecular complexity index is 1160. The summed E-state index contributed by atoms with van der Waals surface area (Å²) in [6.07, 6.45) is 4.22. The Morgan fingerprint density at radius 3 is 2.27 bits per heavy atom. The summed E-state index contributed by atoms with van der Waals surface area (Å²) in [6.45, 7) is 0. The number of ketones is 2. The minimum atomic E-state index is -0.442. The van der Waals surface area contributed by atoms with Crippen molar-refractivity contribution in [2.75, 3.05) is 0 Å². The fraction of sp³-hybridized carbons (Fsp3) is 0. The highest BCUT2D eigenvalue weighted by Gasteiger charge is 2.36. The molecule has 8 heteroatoms. The summed E-state index contributed by atoms with van der Waals surface area (Å²) in [5.41, 5.74) is 1.38. The second-order valence-electron chi connectivity index (χ2n) is 5.52. The van der Waals surface area contributed by atoms with Crippen LogP contribution in [0.25, 0.3) is 28.1 Å². The van der Waals surface area contributed by atoms with Gasteiger partial charge in [0.25, 0.3) is 5.71 Å². The third-order valence-electron chi connectivity index (χ3n) is 3.90. The summed E-state index contributed by atoms with van der Waals surface area (Å²) >= 11 is 1.24. The van der Waals surface area contributed by atoms with Gasteiger partial charge in [0, 0.05) is 18.0 Å². The van der Waals surface area contributed by atoms with Gasteiger partial charge in [0.15, 0.2) is 4.83 Å². The number of Topliss-reactive ketones (excluding diaryl/α,β-unsaturated/α-hetero) is 2. The molecule has 0 amide bonds. The van der Waals surface area contributed by atoms with Crippen LogP contribution in [0.5, 0.6) is 0 Å². The van der Waals surface area contributed by atoms with Crippen molar-refractivity contribution in [3.05, 3.63) is 64.7 Å². The van der Waals surface area contributed by atoms with Crippen LogP contribution in [0, 0.1) is 0 Å². The van der Waals surface area contributed by atoms with Gasteiger partial charge >= 0.3 is 0 Å². The lowest BCUT2D eigenvalue weighted by molar-refractivity contribution is 0.0988. The third-order valence-corrected chi connectivity index (χ3v) is 4.78. The number of fused-ring (bicyclic) bond motifs is 2. The lowest BCUT2D eigenvalue weighted by Crippen LogP contribution is -2.00. The fourth-order valence-electron chi connectivity index (χ4n) is 2.71. The van der Waals surface area contributed by atoms with Gasteiger partial charge in [0.05, 0.1) is 5.57 Å². The zero-order valence-electron chi connectivity index (χ0n) is 13.0. The molecule has 0 bridgehead atoms. The minimum Gasteiger partial charge on any atom is -0.417 e. The summed E-state index contributed by atoms with van der Waals surface area (Å²) < 4.78 is 5.68. The molecule has 0 aliphatic heterocycles. The molecule has 0 N–H and O–H groups in total. The third kappa shape index (κ3) is 2.20. The predicted octanol–water partition coefficient (Wildman–Crippen LogP) is 3.20. The number of hydrogen-bond acceptors (Lipinski definition) is 8. The number of carbonyl (C=O) groups is 2. The smallest absolute Gasteiger partial charge is 0.259 e. The average molecular weight is 360 g/mol. The second-order valence-corrected chi connectivity index (χ2v) is 6.53. The highest BCUT2D eigenvalue weighted by molar-refractivity contribution is 7.18. The van der Waals surface area contributed by atoms with Gasteiger partial charge in [-0.25, -0.2) is 9.97 Å². The molecular weight excluding hydrogens is 352 g/mol. The monoisotopic (exact) mass is 360 g/mol. The van der Waals surface area contributed by atoms with Gasteiger partial charge in [-0.2, -0.15) is 9.97 Å². The molecule has 26 heavy (non-hydrogen) atoms.